The highest BCUT2D eigenvalue weighted by molar-refractivity contribution is 5.83. The van der Waals surface area contributed by atoms with E-state index in [1.807, 2.05) is 11.1 Å². The number of carbonyl (C=O) groups is 2. The van der Waals surface area contributed by atoms with Gasteiger partial charge in [-0.25, -0.2) is 14.8 Å². The minimum atomic E-state index is -0.851. The molecule has 2 aliphatic heterocycles. The van der Waals surface area contributed by atoms with Crippen LogP contribution in [0.1, 0.15) is 30.5 Å². The normalized spacial score (nSPS) is 25.1. The maximum atomic E-state index is 12.8. The number of hydrogen-bond donors (Lipinski definition) is 1. The fourth-order valence-corrected chi connectivity index (χ4v) is 4.05. The standard InChI is InChI=1S/C16H20N4O3/c21-14(20-4-1-11-8-17-10-18-13(11)9-20)12-7-16(12)2-5-19(6-3-16)15(22)23/h8,10,12H,1-7,9H2,(H,22,23). The molecule has 1 saturated carbocycles. The van der Waals surface area contributed by atoms with Gasteiger partial charge in [0.25, 0.3) is 0 Å². The molecule has 3 aliphatic rings. The molecule has 1 atom stereocenters. The highest BCUT2D eigenvalue weighted by Gasteiger charge is 2.59. The Morgan fingerprint density at radius 3 is 2.74 bits per heavy atom. The summed E-state index contributed by atoms with van der Waals surface area (Å²) in [7, 11) is 0. The van der Waals surface area contributed by atoms with E-state index >= 15 is 0 Å². The van der Waals surface area contributed by atoms with Crippen molar-refractivity contribution in [3.05, 3.63) is 23.8 Å². The summed E-state index contributed by atoms with van der Waals surface area (Å²) >= 11 is 0. The van der Waals surface area contributed by atoms with Crippen molar-refractivity contribution in [2.24, 2.45) is 11.3 Å². The molecule has 7 nitrogen and oxygen atoms in total. The van der Waals surface area contributed by atoms with Gasteiger partial charge in [0.1, 0.15) is 6.33 Å². The Hall–Kier alpha value is -2.18. The number of aromatic nitrogens is 2. The third kappa shape index (κ3) is 2.44. The van der Waals surface area contributed by atoms with Crippen molar-refractivity contribution < 1.29 is 14.7 Å². The van der Waals surface area contributed by atoms with Gasteiger partial charge < -0.3 is 14.9 Å². The van der Waals surface area contributed by atoms with Gasteiger partial charge >= 0.3 is 6.09 Å². The van der Waals surface area contributed by atoms with Crippen LogP contribution in [-0.2, 0) is 17.8 Å². The van der Waals surface area contributed by atoms with Gasteiger partial charge in [-0.15, -0.1) is 0 Å². The molecule has 1 aliphatic carbocycles. The SMILES string of the molecule is O=C(O)N1CCC2(CC1)CC2C(=O)N1CCc2cncnc2C1. The Bertz CT molecular complexity index is 654. The van der Waals surface area contributed by atoms with E-state index in [9.17, 15) is 9.59 Å². The Morgan fingerprint density at radius 1 is 1.22 bits per heavy atom. The van der Waals surface area contributed by atoms with Crippen molar-refractivity contribution in [3.63, 3.8) is 0 Å². The molecule has 1 N–H and O–H groups in total. The predicted octanol–water partition coefficient (Wildman–Crippen LogP) is 1.14. The molecule has 1 unspecified atom stereocenters. The van der Waals surface area contributed by atoms with Crippen molar-refractivity contribution in [1.29, 1.82) is 0 Å². The van der Waals surface area contributed by atoms with Crippen LogP contribution in [0.4, 0.5) is 4.79 Å². The summed E-state index contributed by atoms with van der Waals surface area (Å²) in [5, 5.41) is 9.04. The van der Waals surface area contributed by atoms with Crippen LogP contribution in [0.3, 0.4) is 0 Å². The van der Waals surface area contributed by atoms with E-state index < -0.39 is 6.09 Å². The number of hydrogen-bond acceptors (Lipinski definition) is 4. The molecule has 1 aromatic heterocycles. The van der Waals surface area contributed by atoms with E-state index in [2.05, 4.69) is 9.97 Å². The fourth-order valence-electron chi connectivity index (χ4n) is 4.05. The van der Waals surface area contributed by atoms with Crippen LogP contribution in [0.25, 0.3) is 0 Å². The largest absolute Gasteiger partial charge is 0.465 e. The van der Waals surface area contributed by atoms with Crippen molar-refractivity contribution in [3.8, 4) is 0 Å². The monoisotopic (exact) mass is 316 g/mol. The van der Waals surface area contributed by atoms with Gasteiger partial charge in [0.2, 0.25) is 5.91 Å². The molecule has 0 bridgehead atoms. The van der Waals surface area contributed by atoms with Crippen LogP contribution in [0.5, 0.6) is 0 Å². The summed E-state index contributed by atoms with van der Waals surface area (Å²) in [4.78, 5) is 35.5. The summed E-state index contributed by atoms with van der Waals surface area (Å²) in [6.07, 6.45) is 5.86. The third-order valence-electron chi connectivity index (χ3n) is 5.70. The van der Waals surface area contributed by atoms with Gasteiger partial charge in [-0.2, -0.15) is 0 Å². The van der Waals surface area contributed by atoms with Crippen molar-refractivity contribution >= 4 is 12.0 Å². The van der Waals surface area contributed by atoms with Crippen LogP contribution < -0.4 is 0 Å². The van der Waals surface area contributed by atoms with Crippen molar-refractivity contribution in [2.45, 2.75) is 32.2 Å². The lowest BCUT2D eigenvalue weighted by molar-refractivity contribution is -0.134. The molecule has 1 saturated heterocycles. The van der Waals surface area contributed by atoms with Crippen LogP contribution in [0, 0.1) is 11.3 Å². The van der Waals surface area contributed by atoms with Gasteiger partial charge in [0, 0.05) is 31.7 Å². The lowest BCUT2D eigenvalue weighted by Crippen LogP contribution is -2.41. The Kier molecular flexibility index (Phi) is 3.25. The quantitative estimate of drug-likeness (QED) is 0.839. The van der Waals surface area contributed by atoms with Crippen LogP contribution in [0.2, 0.25) is 0 Å². The zero-order valence-electron chi connectivity index (χ0n) is 12.9. The summed E-state index contributed by atoms with van der Waals surface area (Å²) < 4.78 is 0. The third-order valence-corrected chi connectivity index (χ3v) is 5.70. The van der Waals surface area contributed by atoms with E-state index in [-0.39, 0.29) is 17.2 Å². The summed E-state index contributed by atoms with van der Waals surface area (Å²) in [5.41, 5.74) is 2.14. The summed E-state index contributed by atoms with van der Waals surface area (Å²) in [6.45, 7) is 2.40. The molecule has 0 radical (unpaired) electrons. The van der Waals surface area contributed by atoms with Gasteiger partial charge in [0.05, 0.1) is 12.2 Å². The second kappa shape index (κ2) is 5.18. The number of likely N-dealkylation sites (tertiary alicyclic amines) is 1. The van der Waals surface area contributed by atoms with Gasteiger partial charge in [0.15, 0.2) is 0 Å². The lowest BCUT2D eigenvalue weighted by atomic mass is 9.90. The Balaban J connectivity index is 1.40. The zero-order chi connectivity index (χ0) is 16.0. The van der Waals surface area contributed by atoms with E-state index in [0.29, 0.717) is 19.6 Å². The predicted molar refractivity (Wildman–Crippen MR) is 80.5 cm³/mol. The van der Waals surface area contributed by atoms with Crippen LogP contribution in [0.15, 0.2) is 12.5 Å². The highest BCUT2D eigenvalue weighted by Crippen LogP contribution is 2.60. The molecule has 3 heterocycles. The Morgan fingerprint density at radius 2 is 2.00 bits per heavy atom. The van der Waals surface area contributed by atoms with E-state index in [1.165, 1.54) is 11.2 Å². The molecule has 2 amide bonds. The fraction of sp³-hybridized carbons (Fsp3) is 0.625. The number of carboxylic acid groups (broad SMARTS) is 1. The Labute approximate surface area is 134 Å². The lowest BCUT2D eigenvalue weighted by Gasteiger charge is -2.32. The number of carbonyl (C=O) groups excluding carboxylic acids is 1. The zero-order valence-corrected chi connectivity index (χ0v) is 12.9. The first-order valence-corrected chi connectivity index (χ1v) is 8.13. The molecule has 0 aromatic carbocycles. The highest BCUT2D eigenvalue weighted by atomic mass is 16.4. The number of piperidine rings is 1. The molecule has 2 fully saturated rings. The van der Waals surface area contributed by atoms with E-state index in [0.717, 1.165) is 43.5 Å². The van der Waals surface area contributed by atoms with Gasteiger partial charge in [-0.3, -0.25) is 4.79 Å². The first-order valence-electron chi connectivity index (χ1n) is 8.13. The average Bonchev–Trinajstić information content (AvgIpc) is 3.27. The maximum absolute atomic E-state index is 12.8. The molecular weight excluding hydrogens is 296 g/mol. The number of nitrogens with zero attached hydrogens (tertiary/aromatic N) is 4. The van der Waals surface area contributed by atoms with Crippen molar-refractivity contribution in [1.82, 2.24) is 19.8 Å². The molecule has 23 heavy (non-hydrogen) atoms. The minimum Gasteiger partial charge on any atom is -0.465 e. The second-order valence-corrected chi connectivity index (χ2v) is 6.89. The number of fused-ring (bicyclic) bond motifs is 1. The topological polar surface area (TPSA) is 86.6 Å². The van der Waals surface area contributed by atoms with Crippen molar-refractivity contribution in [2.75, 3.05) is 19.6 Å². The molecular formula is C16H20N4O3. The summed E-state index contributed by atoms with van der Waals surface area (Å²) in [5.74, 6) is 0.292. The van der Waals surface area contributed by atoms with E-state index in [1.54, 1.807) is 0 Å². The molecule has 122 valence electrons. The molecule has 1 aromatic rings. The average molecular weight is 316 g/mol. The molecule has 4 rings (SSSR count). The second-order valence-electron chi connectivity index (χ2n) is 6.89. The van der Waals surface area contributed by atoms with Crippen LogP contribution >= 0.6 is 0 Å². The maximum Gasteiger partial charge on any atom is 0.407 e. The first-order chi connectivity index (χ1) is 11.1. The first kappa shape index (κ1) is 14.4. The smallest absolute Gasteiger partial charge is 0.407 e. The molecule has 1 spiro atoms. The number of rotatable bonds is 1. The minimum absolute atomic E-state index is 0.0506. The molecule has 7 heteroatoms. The van der Waals surface area contributed by atoms with E-state index in [4.69, 9.17) is 5.11 Å². The van der Waals surface area contributed by atoms with Gasteiger partial charge in [-0.05, 0) is 36.7 Å². The van der Waals surface area contributed by atoms with Crippen LogP contribution in [-0.4, -0.2) is 56.5 Å². The number of amides is 2. The van der Waals surface area contributed by atoms with Gasteiger partial charge in [-0.1, -0.05) is 0 Å². The summed E-state index contributed by atoms with van der Waals surface area (Å²) in [6, 6.07) is 0.